The van der Waals surface area contributed by atoms with Crippen LogP contribution < -0.4 is 34.4 Å². The first-order valence-electron chi connectivity index (χ1n) is 7.60. The molecule has 14 N–H and O–H groups in total. The van der Waals surface area contributed by atoms with E-state index in [9.17, 15) is 0 Å². The normalized spacial score (nSPS) is 8.23. The Morgan fingerprint density at radius 1 is 0.538 bits per heavy atom. The summed E-state index contributed by atoms with van der Waals surface area (Å²) < 4.78 is 0. The molecule has 0 aromatic heterocycles. The third-order valence-corrected chi connectivity index (χ3v) is 3.05. The van der Waals surface area contributed by atoms with Crippen molar-refractivity contribution in [3.05, 3.63) is 36.4 Å². The van der Waals surface area contributed by atoms with Gasteiger partial charge in [0.05, 0.1) is 0 Å². The summed E-state index contributed by atoms with van der Waals surface area (Å²) in [4.78, 5) is 1.75. The van der Waals surface area contributed by atoms with Crippen LogP contribution in [0.3, 0.4) is 0 Å². The summed E-state index contributed by atoms with van der Waals surface area (Å²) in [5.74, 6) is 0. The van der Waals surface area contributed by atoms with Gasteiger partial charge in [-0.05, 0) is 10.8 Å². The van der Waals surface area contributed by atoms with Gasteiger partial charge in [-0.2, -0.15) is 9.79 Å². The average Bonchev–Trinajstić information content (AvgIpc) is 2.63. The molecule has 0 spiro atoms. The topological polar surface area (TPSA) is 188 Å². The smallest absolute Gasteiger partial charge is 0.779 e. The Bertz CT molecular complexity index is 480. The Kier molecular flexibility index (Phi) is 30.9. The molecule has 1 radical (unpaired) electrons. The molecule has 2 rings (SSSR count). The van der Waals surface area contributed by atoms with Crippen molar-refractivity contribution in [1.29, 1.82) is 0 Å². The molecule has 0 fully saturated rings. The zero-order valence-corrected chi connectivity index (χ0v) is 17.5. The van der Waals surface area contributed by atoms with Gasteiger partial charge in [0.1, 0.15) is 0 Å². The molecule has 0 aliphatic rings. The van der Waals surface area contributed by atoms with Crippen molar-refractivity contribution in [2.45, 2.75) is 9.79 Å². The summed E-state index contributed by atoms with van der Waals surface area (Å²) in [6.07, 6.45) is 0. The Morgan fingerprint density at radius 2 is 0.769 bits per heavy atom. The maximum absolute atomic E-state index is 5.17. The Morgan fingerprint density at radius 3 is 0.962 bits per heavy atom. The van der Waals surface area contributed by atoms with Gasteiger partial charge in [0, 0.05) is 39.3 Å². The van der Waals surface area contributed by atoms with Crippen LogP contribution in [0.2, 0.25) is 0 Å². The van der Waals surface area contributed by atoms with Gasteiger partial charge in [0.25, 0.3) is 0 Å². The quantitative estimate of drug-likeness (QED) is 0.308. The van der Waals surface area contributed by atoms with Gasteiger partial charge in [-0.25, -0.2) is 0 Å². The standard InChI is InChI=1S/C10H8S2.3C2H8N2.Co.H2O/c11-9-5-1-3-7-8(9)4-2-6-10(7)12;3*3-1-2-4;;/h1-6,11-12H;3*1-4H2;;1H2/q;;;;+2;/p-2. The minimum absolute atomic E-state index is 0. The van der Waals surface area contributed by atoms with Crippen LogP contribution in [-0.4, -0.2) is 44.7 Å². The Hall–Kier alpha value is -0.634. The van der Waals surface area contributed by atoms with E-state index in [4.69, 9.17) is 59.7 Å². The van der Waals surface area contributed by atoms with E-state index in [0.717, 1.165) is 20.6 Å². The van der Waals surface area contributed by atoms with E-state index < -0.39 is 0 Å². The molecule has 2 aromatic rings. The molecule has 26 heavy (non-hydrogen) atoms. The first-order valence-corrected chi connectivity index (χ1v) is 8.41. The van der Waals surface area contributed by atoms with Gasteiger partial charge in [-0.1, -0.05) is 36.4 Å². The number of fused-ring (bicyclic) bond motifs is 1. The zero-order valence-electron chi connectivity index (χ0n) is 14.8. The van der Waals surface area contributed by atoms with Crippen molar-refractivity contribution in [3.63, 3.8) is 0 Å². The molecular formula is C16H32CoN6OS2. The molecule has 0 saturated heterocycles. The largest absolute Gasteiger partial charge is 2.00 e. The second kappa shape index (κ2) is 24.4. The van der Waals surface area contributed by atoms with Gasteiger partial charge in [0.2, 0.25) is 0 Å². The fourth-order valence-corrected chi connectivity index (χ4v) is 1.77. The van der Waals surface area contributed by atoms with E-state index in [-0.39, 0.29) is 22.3 Å². The molecule has 0 atom stereocenters. The van der Waals surface area contributed by atoms with Crippen LogP contribution in [0.25, 0.3) is 10.8 Å². The molecule has 0 aliphatic carbocycles. The van der Waals surface area contributed by atoms with E-state index in [0.29, 0.717) is 39.3 Å². The number of benzene rings is 2. The van der Waals surface area contributed by atoms with Crippen molar-refractivity contribution in [2.75, 3.05) is 39.3 Å². The molecule has 2 aromatic carbocycles. The maximum Gasteiger partial charge on any atom is 2.00 e. The average molecular weight is 448 g/mol. The summed E-state index contributed by atoms with van der Waals surface area (Å²) in [5.41, 5.74) is 29.4. The molecular weight excluding hydrogens is 415 g/mol. The van der Waals surface area contributed by atoms with Crippen molar-refractivity contribution in [1.82, 2.24) is 0 Å². The van der Waals surface area contributed by atoms with Crippen LogP contribution in [0.1, 0.15) is 0 Å². The summed E-state index contributed by atoms with van der Waals surface area (Å²) in [5, 5.41) is 2.17. The van der Waals surface area contributed by atoms with Crippen LogP contribution in [0.4, 0.5) is 0 Å². The first kappa shape index (κ1) is 33.0. The molecule has 0 saturated carbocycles. The van der Waals surface area contributed by atoms with Gasteiger partial charge >= 0.3 is 16.8 Å². The van der Waals surface area contributed by atoms with E-state index >= 15 is 0 Å². The van der Waals surface area contributed by atoms with Crippen LogP contribution in [0.5, 0.6) is 0 Å². The molecule has 10 heteroatoms. The summed E-state index contributed by atoms with van der Waals surface area (Å²) in [6.45, 7) is 3.58. The van der Waals surface area contributed by atoms with Gasteiger partial charge < -0.3 is 65.1 Å². The van der Waals surface area contributed by atoms with E-state index in [1.54, 1.807) is 0 Å². The molecule has 0 amide bonds. The second-order valence-electron chi connectivity index (χ2n) is 4.34. The van der Waals surface area contributed by atoms with E-state index in [1.165, 1.54) is 0 Å². The fraction of sp³-hybridized carbons (Fsp3) is 0.375. The third kappa shape index (κ3) is 16.8. The summed E-state index contributed by atoms with van der Waals surface area (Å²) in [6, 6.07) is 11.8. The molecule has 0 heterocycles. The molecule has 0 bridgehead atoms. The van der Waals surface area contributed by atoms with Crippen molar-refractivity contribution in [3.8, 4) is 0 Å². The Balaban J connectivity index is -0.000000147. The van der Waals surface area contributed by atoms with Crippen molar-refractivity contribution in [2.24, 2.45) is 34.4 Å². The van der Waals surface area contributed by atoms with Crippen molar-refractivity contribution >= 4 is 36.0 Å². The minimum Gasteiger partial charge on any atom is -0.779 e. The van der Waals surface area contributed by atoms with Gasteiger partial charge in [-0.3, -0.25) is 0 Å². The maximum atomic E-state index is 5.17. The third-order valence-electron chi connectivity index (χ3n) is 2.34. The van der Waals surface area contributed by atoms with Crippen LogP contribution in [-0.2, 0) is 42.0 Å². The first-order chi connectivity index (χ1) is 11.5. The Labute approximate surface area is 177 Å². The van der Waals surface area contributed by atoms with E-state index in [1.807, 2.05) is 36.4 Å². The number of hydrogen-bond donors (Lipinski definition) is 6. The minimum atomic E-state index is 0. The molecule has 7 nitrogen and oxygen atoms in total. The molecule has 0 aliphatic heterocycles. The SMILES string of the molecule is NCCN.NCCN.NCCN.O.[Co+2].[S-]c1cccc2c([S-])cccc12. The molecule has 153 valence electrons. The van der Waals surface area contributed by atoms with Gasteiger partial charge in [-0.15, -0.1) is 0 Å². The zero-order chi connectivity index (χ0) is 18.8. The fourth-order valence-electron chi connectivity index (χ4n) is 1.25. The number of nitrogens with two attached hydrogens (primary N) is 6. The van der Waals surface area contributed by atoms with Crippen LogP contribution in [0.15, 0.2) is 46.2 Å². The van der Waals surface area contributed by atoms with Gasteiger partial charge in [0.15, 0.2) is 0 Å². The number of hydrogen-bond acceptors (Lipinski definition) is 8. The number of rotatable bonds is 3. The monoisotopic (exact) mass is 447 g/mol. The van der Waals surface area contributed by atoms with E-state index in [2.05, 4.69) is 0 Å². The van der Waals surface area contributed by atoms with Crippen LogP contribution in [0, 0.1) is 0 Å². The summed E-state index contributed by atoms with van der Waals surface area (Å²) >= 11 is 10.3. The predicted octanol–water partition coefficient (Wildman–Crippen LogP) is -1.46. The second-order valence-corrected chi connectivity index (χ2v) is 5.22. The van der Waals surface area contributed by atoms with Crippen LogP contribution >= 0.6 is 0 Å². The summed E-state index contributed by atoms with van der Waals surface area (Å²) in [7, 11) is 0. The van der Waals surface area contributed by atoms with Crippen molar-refractivity contribution < 1.29 is 22.3 Å². The molecule has 0 unspecified atom stereocenters. The predicted molar refractivity (Wildman–Crippen MR) is 113 cm³/mol.